The molecule has 0 amide bonds. The van der Waals surface area contributed by atoms with Crippen molar-refractivity contribution in [2.45, 2.75) is 51.2 Å². The Labute approximate surface area is 140 Å². The number of para-hydroxylation sites is 1. The van der Waals surface area contributed by atoms with Crippen LogP contribution in [0.5, 0.6) is 5.75 Å². The zero-order valence-electron chi connectivity index (χ0n) is 13.1. The van der Waals surface area contributed by atoms with E-state index in [1.54, 1.807) is 24.3 Å². The van der Waals surface area contributed by atoms with Crippen LogP contribution in [0.3, 0.4) is 0 Å². The van der Waals surface area contributed by atoms with Crippen LogP contribution in [0.1, 0.15) is 47.4 Å². The Morgan fingerprint density at radius 2 is 1.74 bits per heavy atom. The summed E-state index contributed by atoms with van der Waals surface area (Å²) >= 11 is 0. The van der Waals surface area contributed by atoms with Crippen molar-refractivity contribution < 1.29 is 43.6 Å². The SMILES string of the molecule is CCCCC(CCC)S(=O)(=O)Oc1ccccc1.[H-].[Na+]. The van der Waals surface area contributed by atoms with E-state index in [9.17, 15) is 8.42 Å². The second kappa shape index (κ2) is 9.81. The maximum absolute atomic E-state index is 12.2. The van der Waals surface area contributed by atoms with Crippen LogP contribution in [0.2, 0.25) is 0 Å². The molecule has 0 bridgehead atoms. The Morgan fingerprint density at radius 1 is 1.11 bits per heavy atom. The van der Waals surface area contributed by atoms with Crippen molar-refractivity contribution in [3.05, 3.63) is 30.3 Å². The van der Waals surface area contributed by atoms with Crippen molar-refractivity contribution in [1.82, 2.24) is 0 Å². The van der Waals surface area contributed by atoms with E-state index in [2.05, 4.69) is 6.92 Å². The van der Waals surface area contributed by atoms with Gasteiger partial charge in [-0.25, -0.2) is 0 Å². The third-order valence-corrected chi connectivity index (χ3v) is 4.57. The largest absolute Gasteiger partial charge is 1.00 e. The van der Waals surface area contributed by atoms with Gasteiger partial charge in [-0.2, -0.15) is 8.42 Å². The number of rotatable bonds is 8. The summed E-state index contributed by atoms with van der Waals surface area (Å²) in [7, 11) is -3.51. The first-order chi connectivity index (χ1) is 8.60. The van der Waals surface area contributed by atoms with Gasteiger partial charge in [0.15, 0.2) is 0 Å². The zero-order valence-corrected chi connectivity index (χ0v) is 14.9. The fourth-order valence-electron chi connectivity index (χ4n) is 1.86. The van der Waals surface area contributed by atoms with Crippen molar-refractivity contribution >= 4 is 10.1 Å². The number of hydrogen-bond acceptors (Lipinski definition) is 3. The van der Waals surface area contributed by atoms with Gasteiger partial charge in [0.25, 0.3) is 0 Å². The molecule has 19 heavy (non-hydrogen) atoms. The quantitative estimate of drug-likeness (QED) is 0.528. The molecule has 0 aliphatic carbocycles. The fourth-order valence-corrected chi connectivity index (χ4v) is 3.36. The number of unbranched alkanes of at least 4 members (excludes halogenated alkanes) is 1. The summed E-state index contributed by atoms with van der Waals surface area (Å²) in [5.74, 6) is 0.398. The smallest absolute Gasteiger partial charge is 1.00 e. The Bertz CT molecular complexity index is 437. The van der Waals surface area contributed by atoms with Gasteiger partial charge in [-0.15, -0.1) is 0 Å². The molecule has 0 saturated heterocycles. The topological polar surface area (TPSA) is 43.4 Å². The minimum absolute atomic E-state index is 0. The monoisotopic (exact) mass is 294 g/mol. The van der Waals surface area contributed by atoms with Gasteiger partial charge in [0.05, 0.1) is 5.25 Å². The average Bonchev–Trinajstić information content (AvgIpc) is 2.35. The molecular formula is C14H23NaO3S. The van der Waals surface area contributed by atoms with Crippen molar-refractivity contribution in [1.29, 1.82) is 0 Å². The van der Waals surface area contributed by atoms with E-state index >= 15 is 0 Å². The first-order valence-corrected chi connectivity index (χ1v) is 8.05. The first kappa shape index (κ1) is 19.0. The van der Waals surface area contributed by atoms with Crippen LogP contribution in [0.4, 0.5) is 0 Å². The third kappa shape index (κ3) is 6.80. The summed E-state index contributed by atoms with van der Waals surface area (Å²) in [6.45, 7) is 4.06. The first-order valence-electron chi connectivity index (χ1n) is 6.58. The van der Waals surface area contributed by atoms with Gasteiger partial charge < -0.3 is 5.61 Å². The Balaban J connectivity index is 0. The molecule has 104 valence electrons. The van der Waals surface area contributed by atoms with Crippen LogP contribution in [0.25, 0.3) is 0 Å². The van der Waals surface area contributed by atoms with Gasteiger partial charge >= 0.3 is 39.7 Å². The molecule has 0 fully saturated rings. The molecule has 1 unspecified atom stereocenters. The Morgan fingerprint density at radius 3 is 2.26 bits per heavy atom. The van der Waals surface area contributed by atoms with Crippen LogP contribution >= 0.6 is 0 Å². The van der Waals surface area contributed by atoms with Crippen LogP contribution in [0, 0.1) is 0 Å². The summed E-state index contributed by atoms with van der Waals surface area (Å²) in [4.78, 5) is 0. The van der Waals surface area contributed by atoms with E-state index < -0.39 is 10.1 Å². The van der Waals surface area contributed by atoms with Gasteiger partial charge in [-0.05, 0) is 25.0 Å². The third-order valence-electron chi connectivity index (χ3n) is 2.85. The summed E-state index contributed by atoms with van der Waals surface area (Å²) in [6, 6.07) is 8.71. The second-order valence-electron chi connectivity index (χ2n) is 4.44. The Hall–Kier alpha value is -0.0300. The fraction of sp³-hybridized carbons (Fsp3) is 0.571. The van der Waals surface area contributed by atoms with Crippen LogP contribution < -0.4 is 33.7 Å². The predicted octanol–water partition coefficient (Wildman–Crippen LogP) is 0.871. The predicted molar refractivity (Wildman–Crippen MR) is 75.3 cm³/mol. The van der Waals surface area contributed by atoms with E-state index in [0.717, 1.165) is 19.3 Å². The number of hydrogen-bond donors (Lipinski definition) is 0. The molecule has 1 atom stereocenters. The molecule has 1 aromatic rings. The molecule has 0 aliphatic rings. The van der Waals surface area contributed by atoms with Crippen LogP contribution in [-0.2, 0) is 10.1 Å². The summed E-state index contributed by atoms with van der Waals surface area (Å²) in [5, 5.41) is -0.386. The minimum atomic E-state index is -3.51. The molecule has 5 heteroatoms. The van der Waals surface area contributed by atoms with Crippen LogP contribution in [-0.4, -0.2) is 13.7 Å². The molecule has 0 radical (unpaired) electrons. The average molecular weight is 294 g/mol. The summed E-state index contributed by atoms with van der Waals surface area (Å²) in [6.07, 6.45) is 4.11. The molecule has 1 rings (SSSR count). The van der Waals surface area contributed by atoms with Crippen molar-refractivity contribution in [3.8, 4) is 5.75 Å². The number of benzene rings is 1. The molecule has 1 aromatic carbocycles. The van der Waals surface area contributed by atoms with Gasteiger partial charge in [0.1, 0.15) is 5.75 Å². The molecule has 0 aliphatic heterocycles. The van der Waals surface area contributed by atoms with Gasteiger partial charge in [0, 0.05) is 0 Å². The molecule has 0 heterocycles. The summed E-state index contributed by atoms with van der Waals surface area (Å²) in [5.41, 5.74) is 0. The van der Waals surface area contributed by atoms with E-state index in [-0.39, 0.29) is 36.2 Å². The molecule has 0 spiro atoms. The normalized spacial score (nSPS) is 12.5. The Kier molecular flexibility index (Phi) is 9.79. The molecular weight excluding hydrogens is 271 g/mol. The standard InChI is InChI=1S/C14H22O3S.Na.H/c1-3-5-12-14(9-4-2)18(15,16)17-13-10-7-6-8-11-13;;/h6-8,10-11,14H,3-5,9,12H2,1-2H3;;/q;+1;-1. The molecule has 0 N–H and O–H groups in total. The van der Waals surface area contributed by atoms with Gasteiger partial charge in [-0.3, -0.25) is 0 Å². The van der Waals surface area contributed by atoms with E-state index in [1.165, 1.54) is 0 Å². The van der Waals surface area contributed by atoms with E-state index in [4.69, 9.17) is 4.18 Å². The van der Waals surface area contributed by atoms with Gasteiger partial charge in [-0.1, -0.05) is 51.3 Å². The van der Waals surface area contributed by atoms with Crippen molar-refractivity contribution in [2.75, 3.05) is 0 Å². The van der Waals surface area contributed by atoms with E-state index in [1.807, 2.05) is 13.0 Å². The zero-order chi connectivity index (χ0) is 13.4. The minimum Gasteiger partial charge on any atom is -1.00 e. The van der Waals surface area contributed by atoms with E-state index in [0.29, 0.717) is 18.6 Å². The van der Waals surface area contributed by atoms with Crippen molar-refractivity contribution in [2.24, 2.45) is 0 Å². The second-order valence-corrected chi connectivity index (χ2v) is 6.26. The maximum atomic E-state index is 12.2. The molecule has 0 saturated carbocycles. The maximum Gasteiger partial charge on any atom is 1.00 e. The van der Waals surface area contributed by atoms with Crippen molar-refractivity contribution in [3.63, 3.8) is 0 Å². The summed E-state index contributed by atoms with van der Waals surface area (Å²) < 4.78 is 29.5. The van der Waals surface area contributed by atoms with Gasteiger partial charge in [0.2, 0.25) is 0 Å². The molecule has 3 nitrogen and oxygen atoms in total. The molecule has 0 aromatic heterocycles. The van der Waals surface area contributed by atoms with Crippen LogP contribution in [0.15, 0.2) is 30.3 Å².